The Morgan fingerprint density at radius 2 is 2.03 bits per heavy atom. The molecule has 30 heavy (non-hydrogen) atoms. The first-order valence-electron chi connectivity index (χ1n) is 9.61. The molecule has 0 aliphatic heterocycles. The van der Waals surface area contributed by atoms with Gasteiger partial charge >= 0.3 is 0 Å². The molecule has 0 saturated heterocycles. The van der Waals surface area contributed by atoms with Gasteiger partial charge in [-0.3, -0.25) is 9.48 Å². The maximum Gasteiger partial charge on any atom is 0.244 e. The van der Waals surface area contributed by atoms with Gasteiger partial charge in [0, 0.05) is 25.0 Å². The van der Waals surface area contributed by atoms with Crippen molar-refractivity contribution in [3.8, 4) is 11.5 Å². The number of benzene rings is 2. The summed E-state index contributed by atoms with van der Waals surface area (Å²) in [5, 5.41) is 7.59. The summed E-state index contributed by atoms with van der Waals surface area (Å²) in [6, 6.07) is 13.4. The third kappa shape index (κ3) is 5.64. The molecular formula is C23H24ClN3O3. The second-order valence-electron chi connectivity index (χ2n) is 6.49. The largest absolute Gasteiger partial charge is 0.491 e. The molecule has 1 heterocycles. The topological polar surface area (TPSA) is 65.4 Å². The van der Waals surface area contributed by atoms with Gasteiger partial charge in [0.2, 0.25) is 5.91 Å². The number of hydrogen-bond acceptors (Lipinski definition) is 4. The van der Waals surface area contributed by atoms with Gasteiger partial charge in [0.1, 0.15) is 0 Å². The molecule has 1 aromatic heterocycles. The average molecular weight is 426 g/mol. The first-order chi connectivity index (χ1) is 14.6. The maximum atomic E-state index is 12.3. The number of halogens is 1. The molecule has 0 spiro atoms. The van der Waals surface area contributed by atoms with E-state index in [1.54, 1.807) is 24.4 Å². The second-order valence-corrected chi connectivity index (χ2v) is 6.90. The van der Waals surface area contributed by atoms with Gasteiger partial charge in [-0.25, -0.2) is 0 Å². The van der Waals surface area contributed by atoms with Crippen molar-refractivity contribution in [2.24, 2.45) is 0 Å². The molecule has 0 fully saturated rings. The van der Waals surface area contributed by atoms with Gasteiger partial charge in [-0.1, -0.05) is 35.9 Å². The molecule has 0 saturated carbocycles. The van der Waals surface area contributed by atoms with Crippen LogP contribution >= 0.6 is 11.6 Å². The molecule has 3 aromatic rings. The Bertz CT molecular complexity index is 1020. The molecule has 1 amide bonds. The minimum Gasteiger partial charge on any atom is -0.491 e. The Balaban J connectivity index is 1.65. The molecule has 1 N–H and O–H groups in total. The highest BCUT2D eigenvalue weighted by atomic mass is 35.5. The van der Waals surface area contributed by atoms with Gasteiger partial charge in [0.15, 0.2) is 11.5 Å². The minimum absolute atomic E-state index is 0.200. The molecule has 0 bridgehead atoms. The number of carbonyl (C=O) groups excluding carboxylic acids is 1. The van der Waals surface area contributed by atoms with E-state index in [4.69, 9.17) is 21.1 Å². The fraction of sp³-hybridized carbons (Fsp3) is 0.217. The fourth-order valence-electron chi connectivity index (χ4n) is 3.01. The van der Waals surface area contributed by atoms with Crippen LogP contribution in [0, 0.1) is 0 Å². The van der Waals surface area contributed by atoms with Crippen LogP contribution in [0.25, 0.3) is 6.08 Å². The van der Waals surface area contributed by atoms with E-state index < -0.39 is 0 Å². The predicted molar refractivity (Wildman–Crippen MR) is 118 cm³/mol. The van der Waals surface area contributed by atoms with Crippen molar-refractivity contribution < 1.29 is 14.3 Å². The molecule has 0 atom stereocenters. The summed E-state index contributed by atoms with van der Waals surface area (Å²) < 4.78 is 12.7. The molecule has 0 radical (unpaired) electrons. The van der Waals surface area contributed by atoms with Gasteiger partial charge in [-0.2, -0.15) is 5.10 Å². The number of rotatable bonds is 9. The van der Waals surface area contributed by atoms with Crippen LogP contribution < -0.4 is 14.8 Å². The number of methoxy groups -OCH3 is 1. The van der Waals surface area contributed by atoms with Crippen LogP contribution in [0.1, 0.15) is 23.6 Å². The van der Waals surface area contributed by atoms with Crippen molar-refractivity contribution in [1.29, 1.82) is 0 Å². The van der Waals surface area contributed by atoms with Gasteiger partial charge in [0.25, 0.3) is 0 Å². The highest BCUT2D eigenvalue weighted by Gasteiger charge is 2.11. The highest BCUT2D eigenvalue weighted by molar-refractivity contribution is 6.32. The number of aromatic nitrogens is 2. The van der Waals surface area contributed by atoms with E-state index >= 15 is 0 Å². The molecule has 0 unspecified atom stereocenters. The molecule has 2 aromatic carbocycles. The van der Waals surface area contributed by atoms with E-state index in [9.17, 15) is 4.79 Å². The van der Waals surface area contributed by atoms with E-state index in [1.165, 1.54) is 13.2 Å². The standard InChI is InChI=1S/C23H24ClN3O3/c1-3-30-21-14-17(13-20(24)23(21)29-2)9-10-22(28)25-15-18-7-4-5-8-19(18)16-27-12-6-11-26-27/h4-14H,3,15-16H2,1-2H3,(H,25,28)/b10-9+. The summed E-state index contributed by atoms with van der Waals surface area (Å²) in [4.78, 5) is 12.3. The van der Waals surface area contributed by atoms with Crippen molar-refractivity contribution >= 4 is 23.6 Å². The Kier molecular flexibility index (Phi) is 7.51. The van der Waals surface area contributed by atoms with Crippen LogP contribution in [0.3, 0.4) is 0 Å². The van der Waals surface area contributed by atoms with Crippen molar-refractivity contribution in [2.75, 3.05) is 13.7 Å². The van der Waals surface area contributed by atoms with Gasteiger partial charge in [-0.15, -0.1) is 0 Å². The molecule has 0 aliphatic carbocycles. The van der Waals surface area contributed by atoms with Crippen molar-refractivity contribution in [3.05, 3.63) is 82.6 Å². The summed E-state index contributed by atoms with van der Waals surface area (Å²) in [7, 11) is 1.54. The number of ether oxygens (including phenoxy) is 2. The summed E-state index contributed by atoms with van der Waals surface area (Å²) in [5.41, 5.74) is 2.90. The van der Waals surface area contributed by atoms with E-state index in [-0.39, 0.29) is 5.91 Å². The number of hydrogen-bond donors (Lipinski definition) is 1. The molecular weight excluding hydrogens is 402 g/mol. The van der Waals surface area contributed by atoms with Crippen LogP contribution in [0.5, 0.6) is 11.5 Å². The fourth-order valence-corrected chi connectivity index (χ4v) is 3.31. The quantitative estimate of drug-likeness (QED) is 0.518. The number of amides is 1. The lowest BCUT2D eigenvalue weighted by atomic mass is 10.1. The SMILES string of the molecule is CCOc1cc(/C=C/C(=O)NCc2ccccc2Cn2cccn2)cc(Cl)c1OC. The zero-order chi connectivity index (χ0) is 21.3. The maximum absolute atomic E-state index is 12.3. The van der Waals surface area contributed by atoms with E-state index in [0.29, 0.717) is 36.2 Å². The lowest BCUT2D eigenvalue weighted by Gasteiger charge is -2.12. The Labute approximate surface area is 181 Å². The van der Waals surface area contributed by atoms with Gasteiger partial charge < -0.3 is 14.8 Å². The third-order valence-corrected chi connectivity index (χ3v) is 4.71. The second kappa shape index (κ2) is 10.5. The summed E-state index contributed by atoms with van der Waals surface area (Å²) in [5.74, 6) is 0.822. The summed E-state index contributed by atoms with van der Waals surface area (Å²) in [6.07, 6.45) is 6.83. The molecule has 156 valence electrons. The van der Waals surface area contributed by atoms with Crippen LogP contribution in [-0.4, -0.2) is 29.4 Å². The Morgan fingerprint density at radius 1 is 1.23 bits per heavy atom. The first kappa shape index (κ1) is 21.5. The molecule has 7 heteroatoms. The lowest BCUT2D eigenvalue weighted by Crippen LogP contribution is -2.21. The zero-order valence-electron chi connectivity index (χ0n) is 17.0. The summed E-state index contributed by atoms with van der Waals surface area (Å²) in [6.45, 7) is 3.44. The number of carbonyl (C=O) groups is 1. The van der Waals surface area contributed by atoms with Crippen molar-refractivity contribution in [2.45, 2.75) is 20.0 Å². The number of nitrogens with one attached hydrogen (secondary N) is 1. The van der Waals surface area contributed by atoms with Crippen molar-refractivity contribution in [3.63, 3.8) is 0 Å². The zero-order valence-corrected chi connectivity index (χ0v) is 17.7. The summed E-state index contributed by atoms with van der Waals surface area (Å²) >= 11 is 6.26. The number of nitrogens with zero attached hydrogens (tertiary/aromatic N) is 2. The van der Waals surface area contributed by atoms with Crippen molar-refractivity contribution in [1.82, 2.24) is 15.1 Å². The van der Waals surface area contributed by atoms with Gasteiger partial charge in [0.05, 0.1) is 25.3 Å². The molecule has 6 nitrogen and oxygen atoms in total. The van der Waals surface area contributed by atoms with Gasteiger partial charge in [-0.05, 0) is 47.9 Å². The van der Waals surface area contributed by atoms with E-state index in [2.05, 4.69) is 10.4 Å². The average Bonchev–Trinajstić information content (AvgIpc) is 3.25. The van der Waals surface area contributed by atoms with Crippen LogP contribution in [0.15, 0.2) is 60.9 Å². The minimum atomic E-state index is -0.200. The van der Waals surface area contributed by atoms with Crippen LogP contribution in [0.2, 0.25) is 5.02 Å². The van der Waals surface area contributed by atoms with E-state index in [1.807, 2.05) is 48.1 Å². The first-order valence-corrected chi connectivity index (χ1v) is 9.99. The molecule has 0 aliphatic rings. The Morgan fingerprint density at radius 3 is 2.73 bits per heavy atom. The monoisotopic (exact) mass is 425 g/mol. The Hall–Kier alpha value is -3.25. The predicted octanol–water partition coefficient (Wildman–Crippen LogP) is 4.32. The third-order valence-electron chi connectivity index (χ3n) is 4.43. The van der Waals surface area contributed by atoms with Crippen LogP contribution in [0.4, 0.5) is 0 Å². The smallest absolute Gasteiger partial charge is 0.244 e. The highest BCUT2D eigenvalue weighted by Crippen LogP contribution is 2.36. The normalized spacial score (nSPS) is 10.9. The lowest BCUT2D eigenvalue weighted by molar-refractivity contribution is -0.116. The molecule has 3 rings (SSSR count). The van der Waals surface area contributed by atoms with Crippen LogP contribution in [-0.2, 0) is 17.9 Å². The van der Waals surface area contributed by atoms with E-state index in [0.717, 1.165) is 16.7 Å².